The van der Waals surface area contributed by atoms with E-state index in [-0.39, 0.29) is 11.5 Å². The average Bonchev–Trinajstić information content (AvgIpc) is 2.45. The van der Waals surface area contributed by atoms with Crippen LogP contribution in [0, 0.1) is 17.0 Å². The number of nitrogens with one attached hydrogen (secondary N) is 2. The molecule has 0 amide bonds. The molecule has 1 aromatic carbocycles. The summed E-state index contributed by atoms with van der Waals surface area (Å²) in [5.41, 5.74) is 1.21. The molecule has 2 N–H and O–H groups in total. The Kier molecular flexibility index (Phi) is 4.69. The minimum absolute atomic E-state index is 0.105. The predicted octanol–water partition coefficient (Wildman–Crippen LogP) is 3.11. The van der Waals surface area contributed by atoms with Crippen LogP contribution >= 0.6 is 15.9 Å². The van der Waals surface area contributed by atoms with Crippen molar-refractivity contribution in [2.24, 2.45) is 0 Å². The Morgan fingerprint density at radius 3 is 2.52 bits per heavy atom. The maximum atomic E-state index is 11.2. The largest absolute Gasteiger partial charge is 0.360 e. The van der Waals surface area contributed by atoms with E-state index in [9.17, 15) is 10.1 Å². The van der Waals surface area contributed by atoms with Gasteiger partial charge in [-0.15, -0.1) is 0 Å². The topological polar surface area (TPSA) is 93.0 Å². The molecular weight excluding hydrogens is 338 g/mol. The van der Waals surface area contributed by atoms with Crippen LogP contribution in [0.5, 0.6) is 0 Å². The van der Waals surface area contributed by atoms with Crippen molar-refractivity contribution in [3.63, 3.8) is 0 Å². The molecule has 0 saturated heterocycles. The van der Waals surface area contributed by atoms with E-state index in [0.717, 1.165) is 10.0 Å². The van der Waals surface area contributed by atoms with Crippen LogP contribution < -0.4 is 10.6 Å². The van der Waals surface area contributed by atoms with Crippen LogP contribution in [0.25, 0.3) is 0 Å². The van der Waals surface area contributed by atoms with Crippen molar-refractivity contribution >= 4 is 33.4 Å². The summed E-state index contributed by atoms with van der Waals surface area (Å²) in [6, 6.07) is 7.68. The van der Waals surface area contributed by atoms with Crippen LogP contribution in [-0.4, -0.2) is 21.9 Å². The zero-order valence-electron chi connectivity index (χ0n) is 11.6. The smallest absolute Gasteiger partial charge is 0.332 e. The van der Waals surface area contributed by atoms with E-state index in [2.05, 4.69) is 36.5 Å². The second kappa shape index (κ2) is 6.49. The standard InChI is InChI=1S/C13H14BrN5O2/c1-8-11(19(20)21)12(18-13(15-2)17-8)16-7-9-3-5-10(14)6-4-9/h3-6H,7H2,1-2H3,(H2,15,16,17,18). The third-order valence-electron chi connectivity index (χ3n) is 2.84. The minimum Gasteiger partial charge on any atom is -0.360 e. The average molecular weight is 352 g/mol. The van der Waals surface area contributed by atoms with Gasteiger partial charge in [0.2, 0.25) is 11.8 Å². The molecule has 0 bridgehead atoms. The number of hydrogen-bond donors (Lipinski definition) is 2. The normalized spacial score (nSPS) is 10.2. The lowest BCUT2D eigenvalue weighted by atomic mass is 10.2. The fraction of sp³-hybridized carbons (Fsp3) is 0.231. The van der Waals surface area contributed by atoms with E-state index in [0.29, 0.717) is 18.2 Å². The summed E-state index contributed by atoms with van der Waals surface area (Å²) in [6.45, 7) is 2.03. The monoisotopic (exact) mass is 351 g/mol. The molecule has 0 aliphatic heterocycles. The highest BCUT2D eigenvalue weighted by molar-refractivity contribution is 9.10. The third-order valence-corrected chi connectivity index (χ3v) is 3.37. The number of nitro groups is 1. The molecule has 0 saturated carbocycles. The number of hydrogen-bond acceptors (Lipinski definition) is 6. The van der Waals surface area contributed by atoms with Gasteiger partial charge in [0.15, 0.2) is 0 Å². The number of rotatable bonds is 5. The highest BCUT2D eigenvalue weighted by atomic mass is 79.9. The number of aryl methyl sites for hydroxylation is 1. The van der Waals surface area contributed by atoms with Crippen molar-refractivity contribution in [3.05, 3.63) is 50.1 Å². The first-order valence-electron chi connectivity index (χ1n) is 6.20. The van der Waals surface area contributed by atoms with Crippen LogP contribution in [0.1, 0.15) is 11.3 Å². The lowest BCUT2D eigenvalue weighted by Gasteiger charge is -2.09. The molecule has 0 aliphatic rings. The Morgan fingerprint density at radius 2 is 1.95 bits per heavy atom. The van der Waals surface area contributed by atoms with E-state index in [1.54, 1.807) is 14.0 Å². The van der Waals surface area contributed by atoms with Crippen molar-refractivity contribution in [1.29, 1.82) is 0 Å². The quantitative estimate of drug-likeness (QED) is 0.634. The van der Waals surface area contributed by atoms with Gasteiger partial charge in [0, 0.05) is 18.1 Å². The van der Waals surface area contributed by atoms with Gasteiger partial charge in [-0.1, -0.05) is 28.1 Å². The van der Waals surface area contributed by atoms with Crippen molar-refractivity contribution in [3.8, 4) is 0 Å². The lowest BCUT2D eigenvalue weighted by Crippen LogP contribution is -2.09. The number of nitrogens with zero attached hydrogens (tertiary/aromatic N) is 3. The second-order valence-corrected chi connectivity index (χ2v) is 5.23. The summed E-state index contributed by atoms with van der Waals surface area (Å²) in [6.07, 6.45) is 0. The molecule has 1 aromatic heterocycles. The summed E-state index contributed by atoms with van der Waals surface area (Å²) < 4.78 is 0.979. The van der Waals surface area contributed by atoms with Crippen LogP contribution in [0.2, 0.25) is 0 Å². The van der Waals surface area contributed by atoms with Gasteiger partial charge in [0.25, 0.3) is 0 Å². The Morgan fingerprint density at radius 1 is 1.29 bits per heavy atom. The Bertz CT molecular complexity index is 660. The zero-order chi connectivity index (χ0) is 15.4. The lowest BCUT2D eigenvalue weighted by molar-refractivity contribution is -0.385. The molecule has 110 valence electrons. The van der Waals surface area contributed by atoms with Gasteiger partial charge in [-0.05, 0) is 24.6 Å². The highest BCUT2D eigenvalue weighted by Crippen LogP contribution is 2.26. The number of halogens is 1. The summed E-state index contributed by atoms with van der Waals surface area (Å²) in [5, 5.41) is 16.9. The van der Waals surface area contributed by atoms with Crippen LogP contribution in [0.4, 0.5) is 17.5 Å². The highest BCUT2D eigenvalue weighted by Gasteiger charge is 2.21. The van der Waals surface area contributed by atoms with Gasteiger partial charge >= 0.3 is 5.69 Å². The maximum absolute atomic E-state index is 11.2. The Labute approximate surface area is 130 Å². The fourth-order valence-electron chi connectivity index (χ4n) is 1.81. The molecular formula is C13H14BrN5O2. The van der Waals surface area contributed by atoms with Gasteiger partial charge in [0.1, 0.15) is 5.69 Å². The van der Waals surface area contributed by atoms with Gasteiger partial charge < -0.3 is 10.6 Å². The van der Waals surface area contributed by atoms with Crippen molar-refractivity contribution in [2.45, 2.75) is 13.5 Å². The van der Waals surface area contributed by atoms with E-state index >= 15 is 0 Å². The summed E-state index contributed by atoms with van der Waals surface area (Å²) >= 11 is 3.36. The van der Waals surface area contributed by atoms with E-state index in [1.807, 2.05) is 24.3 Å². The van der Waals surface area contributed by atoms with Crippen LogP contribution in [-0.2, 0) is 6.54 Å². The number of aromatic nitrogens is 2. The van der Waals surface area contributed by atoms with Crippen molar-refractivity contribution in [2.75, 3.05) is 17.7 Å². The van der Waals surface area contributed by atoms with Crippen LogP contribution in [0.15, 0.2) is 28.7 Å². The first-order valence-corrected chi connectivity index (χ1v) is 6.99. The predicted molar refractivity (Wildman–Crippen MR) is 84.4 cm³/mol. The minimum atomic E-state index is -0.474. The second-order valence-electron chi connectivity index (χ2n) is 4.32. The third kappa shape index (κ3) is 3.66. The van der Waals surface area contributed by atoms with Gasteiger partial charge in [0.05, 0.1) is 4.92 Å². The van der Waals surface area contributed by atoms with E-state index in [4.69, 9.17) is 0 Å². The Hall–Kier alpha value is -2.22. The number of benzene rings is 1. The molecule has 0 unspecified atom stereocenters. The van der Waals surface area contributed by atoms with Crippen molar-refractivity contribution < 1.29 is 4.92 Å². The first-order chi connectivity index (χ1) is 10.0. The molecule has 2 aromatic rings. The molecule has 2 rings (SSSR count). The van der Waals surface area contributed by atoms with Gasteiger partial charge in [-0.3, -0.25) is 10.1 Å². The molecule has 0 aliphatic carbocycles. The SMILES string of the molecule is CNc1nc(C)c([N+](=O)[O-])c(NCc2ccc(Br)cc2)n1. The molecule has 7 nitrogen and oxygen atoms in total. The molecule has 0 radical (unpaired) electrons. The summed E-state index contributed by atoms with van der Waals surface area (Å²) in [7, 11) is 1.67. The fourth-order valence-corrected chi connectivity index (χ4v) is 2.07. The van der Waals surface area contributed by atoms with Gasteiger partial charge in [-0.25, -0.2) is 4.98 Å². The van der Waals surface area contributed by atoms with Crippen LogP contribution in [0.3, 0.4) is 0 Å². The molecule has 21 heavy (non-hydrogen) atoms. The zero-order valence-corrected chi connectivity index (χ0v) is 13.1. The van der Waals surface area contributed by atoms with Crippen molar-refractivity contribution in [1.82, 2.24) is 9.97 Å². The van der Waals surface area contributed by atoms with E-state index < -0.39 is 4.92 Å². The number of anilines is 2. The first kappa shape index (κ1) is 15.2. The van der Waals surface area contributed by atoms with E-state index in [1.165, 1.54) is 0 Å². The molecule has 0 fully saturated rings. The van der Waals surface area contributed by atoms with Gasteiger partial charge in [-0.2, -0.15) is 4.98 Å². The Balaban J connectivity index is 2.27. The summed E-state index contributed by atoms with van der Waals surface area (Å²) in [4.78, 5) is 18.8. The maximum Gasteiger partial charge on any atom is 0.332 e. The summed E-state index contributed by atoms with van der Waals surface area (Å²) in [5.74, 6) is 0.552. The molecule has 1 heterocycles. The molecule has 8 heteroatoms. The molecule has 0 atom stereocenters. The molecule has 0 spiro atoms.